The zero-order chi connectivity index (χ0) is 32.0. The standard InChI is InChI=1S/C47H33N/c1-47(2)44-22-12-11-20-40(44)41-26-24-32(29-45(41)47)48(46-27-30-13-3-4-14-33(30)34-15-9-10-21-42(34)46)31-23-25-39-37-18-6-5-16-35(37)36-17-7-8-19-38(36)43(39)28-31/h3-29H,1-2H3. The Labute approximate surface area is 280 Å². The number of anilines is 3. The van der Waals surface area contributed by atoms with E-state index in [1.54, 1.807) is 0 Å². The average Bonchev–Trinajstić information content (AvgIpc) is 3.37. The summed E-state index contributed by atoms with van der Waals surface area (Å²) in [5.74, 6) is 0. The van der Waals surface area contributed by atoms with Crippen LogP contribution in [-0.2, 0) is 5.41 Å². The zero-order valence-corrected chi connectivity index (χ0v) is 27.0. The predicted molar refractivity (Wildman–Crippen MR) is 206 cm³/mol. The largest absolute Gasteiger partial charge is 0.310 e. The molecule has 0 saturated carbocycles. The highest BCUT2D eigenvalue weighted by Crippen LogP contribution is 2.51. The summed E-state index contributed by atoms with van der Waals surface area (Å²) in [6.45, 7) is 4.73. The maximum absolute atomic E-state index is 2.50. The molecular weight excluding hydrogens is 579 g/mol. The summed E-state index contributed by atoms with van der Waals surface area (Å²) < 4.78 is 0. The summed E-state index contributed by atoms with van der Waals surface area (Å²) in [6.07, 6.45) is 0. The van der Waals surface area contributed by atoms with Crippen molar-refractivity contribution in [1.82, 2.24) is 0 Å². The zero-order valence-electron chi connectivity index (χ0n) is 27.0. The van der Waals surface area contributed by atoms with Gasteiger partial charge in [-0.1, -0.05) is 147 Å². The van der Waals surface area contributed by atoms with Crippen LogP contribution in [0.2, 0.25) is 0 Å². The van der Waals surface area contributed by atoms with E-state index in [4.69, 9.17) is 0 Å². The minimum Gasteiger partial charge on any atom is -0.310 e. The molecule has 0 aromatic heterocycles. The first-order valence-electron chi connectivity index (χ1n) is 16.9. The van der Waals surface area contributed by atoms with E-state index >= 15 is 0 Å². The van der Waals surface area contributed by atoms with Gasteiger partial charge in [0.05, 0.1) is 5.69 Å². The smallest absolute Gasteiger partial charge is 0.0546 e. The van der Waals surface area contributed by atoms with Crippen molar-refractivity contribution >= 4 is 70.9 Å². The van der Waals surface area contributed by atoms with Crippen molar-refractivity contribution < 1.29 is 0 Å². The van der Waals surface area contributed by atoms with Crippen molar-refractivity contribution in [1.29, 1.82) is 0 Å². The van der Waals surface area contributed by atoms with Gasteiger partial charge < -0.3 is 4.90 Å². The molecule has 1 aliphatic carbocycles. The molecule has 0 unspecified atom stereocenters. The van der Waals surface area contributed by atoms with E-state index in [1.807, 2.05) is 0 Å². The van der Waals surface area contributed by atoms with E-state index in [2.05, 4.69) is 183 Å². The van der Waals surface area contributed by atoms with Gasteiger partial charge in [0, 0.05) is 22.2 Å². The fourth-order valence-electron chi connectivity index (χ4n) is 8.51. The summed E-state index contributed by atoms with van der Waals surface area (Å²) >= 11 is 0. The Balaban J connectivity index is 1.30. The Morgan fingerprint density at radius 1 is 0.354 bits per heavy atom. The molecule has 0 heterocycles. The highest BCUT2D eigenvalue weighted by molar-refractivity contribution is 6.26. The van der Waals surface area contributed by atoms with Crippen molar-refractivity contribution in [2.45, 2.75) is 19.3 Å². The molecule has 0 aliphatic heterocycles. The molecular formula is C47H33N. The van der Waals surface area contributed by atoms with Crippen LogP contribution >= 0.6 is 0 Å². The van der Waals surface area contributed by atoms with Gasteiger partial charge in [0.25, 0.3) is 0 Å². The number of nitrogens with zero attached hydrogens (tertiary/aromatic N) is 1. The number of hydrogen-bond donors (Lipinski definition) is 0. The number of rotatable bonds is 3. The van der Waals surface area contributed by atoms with Crippen LogP contribution in [0.3, 0.4) is 0 Å². The lowest BCUT2D eigenvalue weighted by molar-refractivity contribution is 0.660. The van der Waals surface area contributed by atoms with Gasteiger partial charge in [-0.05, 0) is 101 Å². The average molecular weight is 612 g/mol. The third-order valence-corrected chi connectivity index (χ3v) is 10.8. The first-order chi connectivity index (χ1) is 23.6. The second-order valence-electron chi connectivity index (χ2n) is 13.7. The Morgan fingerprint density at radius 2 is 0.833 bits per heavy atom. The SMILES string of the molecule is CC1(C)c2ccccc2-c2ccc(N(c3ccc4c5ccccc5c5ccccc5c4c3)c3cc4ccccc4c4ccccc34)cc21. The predicted octanol–water partition coefficient (Wildman–Crippen LogP) is 13.2. The van der Waals surface area contributed by atoms with Gasteiger partial charge in [-0.3, -0.25) is 0 Å². The van der Waals surface area contributed by atoms with E-state index in [0.29, 0.717) is 0 Å². The van der Waals surface area contributed by atoms with Crippen LogP contribution in [0.5, 0.6) is 0 Å². The molecule has 0 spiro atoms. The maximum Gasteiger partial charge on any atom is 0.0546 e. The summed E-state index contributed by atoms with van der Waals surface area (Å²) in [5.41, 5.74) is 8.84. The van der Waals surface area contributed by atoms with E-state index < -0.39 is 0 Å². The Morgan fingerprint density at radius 3 is 1.54 bits per heavy atom. The normalized spacial score (nSPS) is 13.4. The van der Waals surface area contributed by atoms with Crippen LogP contribution in [0.25, 0.3) is 65.0 Å². The molecule has 10 rings (SSSR count). The highest BCUT2D eigenvalue weighted by Gasteiger charge is 2.36. The van der Waals surface area contributed by atoms with Crippen molar-refractivity contribution in [3.63, 3.8) is 0 Å². The van der Waals surface area contributed by atoms with Crippen LogP contribution in [0.15, 0.2) is 164 Å². The van der Waals surface area contributed by atoms with Gasteiger partial charge in [0.2, 0.25) is 0 Å². The maximum atomic E-state index is 2.50. The van der Waals surface area contributed by atoms with Crippen molar-refractivity contribution in [3.8, 4) is 11.1 Å². The molecule has 1 aliphatic rings. The second kappa shape index (κ2) is 10.0. The van der Waals surface area contributed by atoms with Crippen molar-refractivity contribution in [2.24, 2.45) is 0 Å². The molecule has 0 saturated heterocycles. The molecule has 0 bridgehead atoms. The van der Waals surface area contributed by atoms with Gasteiger partial charge in [0.1, 0.15) is 0 Å². The first-order valence-corrected chi connectivity index (χ1v) is 16.9. The van der Waals surface area contributed by atoms with Gasteiger partial charge in [-0.25, -0.2) is 0 Å². The molecule has 0 fully saturated rings. The molecule has 9 aromatic carbocycles. The molecule has 9 aromatic rings. The van der Waals surface area contributed by atoms with Crippen molar-refractivity contribution in [3.05, 3.63) is 175 Å². The summed E-state index contributed by atoms with van der Waals surface area (Å²) in [6, 6.07) is 60.8. The third kappa shape index (κ3) is 3.79. The van der Waals surface area contributed by atoms with Gasteiger partial charge in [0.15, 0.2) is 0 Å². The molecule has 1 heteroatoms. The molecule has 48 heavy (non-hydrogen) atoms. The molecule has 0 amide bonds. The first kappa shape index (κ1) is 27.2. The Kier molecular flexibility index (Phi) is 5.69. The minimum atomic E-state index is -0.0996. The molecule has 0 radical (unpaired) electrons. The van der Waals surface area contributed by atoms with Crippen LogP contribution in [0.1, 0.15) is 25.0 Å². The number of hydrogen-bond acceptors (Lipinski definition) is 1. The quantitative estimate of drug-likeness (QED) is 0.180. The lowest BCUT2D eigenvalue weighted by Crippen LogP contribution is -2.16. The number of fused-ring (bicyclic) bond motifs is 12. The van der Waals surface area contributed by atoms with Crippen LogP contribution in [0.4, 0.5) is 17.1 Å². The minimum absolute atomic E-state index is 0.0996. The summed E-state index contributed by atoms with van der Waals surface area (Å²) in [4.78, 5) is 2.50. The lowest BCUT2D eigenvalue weighted by atomic mass is 9.82. The van der Waals surface area contributed by atoms with Gasteiger partial charge in [-0.15, -0.1) is 0 Å². The third-order valence-electron chi connectivity index (χ3n) is 10.8. The van der Waals surface area contributed by atoms with Gasteiger partial charge >= 0.3 is 0 Å². The van der Waals surface area contributed by atoms with Crippen molar-refractivity contribution in [2.75, 3.05) is 4.90 Å². The molecule has 0 atom stereocenters. The molecule has 0 N–H and O–H groups in total. The Bertz CT molecular complexity index is 2730. The topological polar surface area (TPSA) is 3.24 Å². The highest BCUT2D eigenvalue weighted by atomic mass is 15.1. The van der Waals surface area contributed by atoms with E-state index in [-0.39, 0.29) is 5.41 Å². The lowest BCUT2D eigenvalue weighted by Gasteiger charge is -2.30. The van der Waals surface area contributed by atoms with Crippen LogP contribution in [-0.4, -0.2) is 0 Å². The van der Waals surface area contributed by atoms with Crippen LogP contribution < -0.4 is 4.90 Å². The van der Waals surface area contributed by atoms with Gasteiger partial charge in [-0.2, -0.15) is 0 Å². The molecule has 226 valence electrons. The Hall–Kier alpha value is -5.92. The van der Waals surface area contributed by atoms with Crippen LogP contribution in [0, 0.1) is 0 Å². The molecule has 1 nitrogen and oxygen atoms in total. The summed E-state index contributed by atoms with van der Waals surface area (Å²) in [5, 5.41) is 12.7. The van der Waals surface area contributed by atoms with E-state index in [1.165, 1.54) is 87.5 Å². The monoisotopic (exact) mass is 611 g/mol. The summed E-state index contributed by atoms with van der Waals surface area (Å²) in [7, 11) is 0. The fraction of sp³-hybridized carbons (Fsp3) is 0.0638. The fourth-order valence-corrected chi connectivity index (χ4v) is 8.51. The second-order valence-corrected chi connectivity index (χ2v) is 13.7. The number of benzene rings is 9. The van der Waals surface area contributed by atoms with E-state index in [9.17, 15) is 0 Å². The van der Waals surface area contributed by atoms with E-state index in [0.717, 1.165) is 5.69 Å².